The van der Waals surface area contributed by atoms with Crippen LogP contribution in [0.1, 0.15) is 39.9 Å². The Balaban J connectivity index is 1.50. The van der Waals surface area contributed by atoms with E-state index >= 15 is 0 Å². The van der Waals surface area contributed by atoms with E-state index in [0.717, 1.165) is 42.6 Å². The van der Waals surface area contributed by atoms with Crippen LogP contribution in [0.15, 0.2) is 48.5 Å². The molecule has 0 unspecified atom stereocenters. The lowest BCUT2D eigenvalue weighted by molar-refractivity contribution is -0.120. The topological polar surface area (TPSA) is 49.4 Å². The first-order valence-electron chi connectivity index (χ1n) is 8.82. The fourth-order valence-corrected chi connectivity index (χ4v) is 3.02. The average Bonchev–Trinajstić information content (AvgIpc) is 3.16. The lowest BCUT2D eigenvalue weighted by atomic mass is 10.1. The summed E-state index contributed by atoms with van der Waals surface area (Å²) >= 11 is 0. The number of nitrogens with zero attached hydrogens (tertiary/aromatic N) is 1. The molecule has 1 heterocycles. The number of aryl methyl sites for hydroxylation is 1. The van der Waals surface area contributed by atoms with Crippen molar-refractivity contribution in [3.63, 3.8) is 0 Å². The third-order valence-electron chi connectivity index (χ3n) is 4.57. The number of carbonyl (C=O) groups is 2. The Kier molecular flexibility index (Phi) is 5.49. The molecule has 2 aromatic rings. The molecule has 0 radical (unpaired) electrons. The standard InChI is InChI=1S/C21H24N2O2/c1-16-4-6-17(7-5-16)14-20(24)22-15-18-8-10-19(11-9-18)21(25)23-12-2-3-13-23/h4-11H,2-3,12-15H2,1H3,(H,22,24). The van der Waals surface area contributed by atoms with E-state index in [-0.39, 0.29) is 11.8 Å². The highest BCUT2D eigenvalue weighted by atomic mass is 16.2. The summed E-state index contributed by atoms with van der Waals surface area (Å²) in [5.74, 6) is 0.105. The van der Waals surface area contributed by atoms with Gasteiger partial charge in [-0.3, -0.25) is 9.59 Å². The second-order valence-corrected chi connectivity index (χ2v) is 6.64. The highest BCUT2D eigenvalue weighted by molar-refractivity contribution is 5.94. The molecule has 0 spiro atoms. The van der Waals surface area contributed by atoms with Crippen LogP contribution in [-0.2, 0) is 17.8 Å². The van der Waals surface area contributed by atoms with Crippen molar-refractivity contribution in [3.8, 4) is 0 Å². The zero-order valence-electron chi connectivity index (χ0n) is 14.6. The number of benzene rings is 2. The van der Waals surface area contributed by atoms with Gasteiger partial charge >= 0.3 is 0 Å². The molecule has 1 saturated heterocycles. The molecule has 3 rings (SSSR count). The van der Waals surface area contributed by atoms with Crippen LogP contribution in [0.2, 0.25) is 0 Å². The fraction of sp³-hybridized carbons (Fsp3) is 0.333. The Hall–Kier alpha value is -2.62. The lowest BCUT2D eigenvalue weighted by Gasteiger charge is -2.15. The number of likely N-dealkylation sites (tertiary alicyclic amines) is 1. The van der Waals surface area contributed by atoms with Crippen molar-refractivity contribution in [2.75, 3.05) is 13.1 Å². The number of carbonyl (C=O) groups excluding carboxylic acids is 2. The predicted octanol–water partition coefficient (Wildman–Crippen LogP) is 3.09. The summed E-state index contributed by atoms with van der Waals surface area (Å²) in [4.78, 5) is 26.3. The molecule has 1 aliphatic heterocycles. The van der Waals surface area contributed by atoms with Crippen LogP contribution in [0, 0.1) is 6.92 Å². The van der Waals surface area contributed by atoms with E-state index in [4.69, 9.17) is 0 Å². The van der Waals surface area contributed by atoms with Gasteiger partial charge in [0.05, 0.1) is 6.42 Å². The van der Waals surface area contributed by atoms with Crippen molar-refractivity contribution in [2.45, 2.75) is 32.7 Å². The van der Waals surface area contributed by atoms with Crippen LogP contribution in [-0.4, -0.2) is 29.8 Å². The van der Waals surface area contributed by atoms with Crippen LogP contribution in [0.3, 0.4) is 0 Å². The van der Waals surface area contributed by atoms with Crippen molar-refractivity contribution < 1.29 is 9.59 Å². The molecule has 0 aliphatic carbocycles. The van der Waals surface area contributed by atoms with Crippen LogP contribution in [0.25, 0.3) is 0 Å². The van der Waals surface area contributed by atoms with E-state index in [1.807, 2.05) is 60.4 Å². The van der Waals surface area contributed by atoms with E-state index in [2.05, 4.69) is 5.32 Å². The number of hydrogen-bond acceptors (Lipinski definition) is 2. The Morgan fingerprint density at radius 2 is 1.52 bits per heavy atom. The summed E-state index contributed by atoms with van der Waals surface area (Å²) in [6, 6.07) is 15.5. The van der Waals surface area contributed by atoms with E-state index in [9.17, 15) is 9.59 Å². The largest absolute Gasteiger partial charge is 0.352 e. The van der Waals surface area contributed by atoms with Crippen LogP contribution in [0.4, 0.5) is 0 Å². The van der Waals surface area contributed by atoms with Crippen LogP contribution >= 0.6 is 0 Å². The maximum Gasteiger partial charge on any atom is 0.253 e. The molecule has 0 aromatic heterocycles. The highest BCUT2D eigenvalue weighted by Gasteiger charge is 2.19. The minimum atomic E-state index is 0.000993. The number of amides is 2. The Morgan fingerprint density at radius 3 is 2.16 bits per heavy atom. The first-order chi connectivity index (χ1) is 12.1. The van der Waals surface area contributed by atoms with Crippen molar-refractivity contribution in [1.29, 1.82) is 0 Å². The van der Waals surface area contributed by atoms with E-state index in [1.54, 1.807) is 0 Å². The summed E-state index contributed by atoms with van der Waals surface area (Å²) in [5, 5.41) is 2.93. The first kappa shape index (κ1) is 17.2. The fourth-order valence-electron chi connectivity index (χ4n) is 3.02. The smallest absolute Gasteiger partial charge is 0.253 e. The van der Waals surface area contributed by atoms with Gasteiger partial charge in [-0.15, -0.1) is 0 Å². The molecule has 2 amide bonds. The highest BCUT2D eigenvalue weighted by Crippen LogP contribution is 2.13. The SMILES string of the molecule is Cc1ccc(CC(=O)NCc2ccc(C(=O)N3CCCC3)cc2)cc1. The van der Waals surface area contributed by atoms with Gasteiger partial charge in [-0.2, -0.15) is 0 Å². The second-order valence-electron chi connectivity index (χ2n) is 6.64. The zero-order chi connectivity index (χ0) is 17.6. The minimum absolute atomic E-state index is 0.000993. The number of nitrogens with one attached hydrogen (secondary N) is 1. The molecule has 0 bridgehead atoms. The number of hydrogen-bond donors (Lipinski definition) is 1. The quantitative estimate of drug-likeness (QED) is 0.912. The maximum atomic E-state index is 12.3. The lowest BCUT2D eigenvalue weighted by Crippen LogP contribution is -2.27. The third-order valence-corrected chi connectivity index (χ3v) is 4.57. The van der Waals surface area contributed by atoms with Gasteiger partial charge in [-0.25, -0.2) is 0 Å². The van der Waals surface area contributed by atoms with E-state index < -0.39 is 0 Å². The van der Waals surface area contributed by atoms with Gasteiger partial charge in [0.15, 0.2) is 0 Å². The van der Waals surface area contributed by atoms with E-state index in [1.165, 1.54) is 5.56 Å². The predicted molar refractivity (Wildman–Crippen MR) is 98.3 cm³/mol. The summed E-state index contributed by atoms with van der Waals surface area (Å²) < 4.78 is 0. The second kappa shape index (κ2) is 7.97. The summed E-state index contributed by atoms with van der Waals surface area (Å²) in [6.45, 7) is 4.22. The van der Waals surface area contributed by atoms with Gasteiger partial charge in [0.2, 0.25) is 5.91 Å². The molecule has 1 fully saturated rings. The molecule has 0 saturated carbocycles. The van der Waals surface area contributed by atoms with Gasteiger partial charge < -0.3 is 10.2 Å². The van der Waals surface area contributed by atoms with Crippen molar-refractivity contribution in [3.05, 3.63) is 70.8 Å². The molecule has 4 nitrogen and oxygen atoms in total. The molecule has 1 N–H and O–H groups in total. The van der Waals surface area contributed by atoms with Gasteiger partial charge in [-0.1, -0.05) is 42.0 Å². The molecule has 0 atom stereocenters. The molecule has 25 heavy (non-hydrogen) atoms. The summed E-state index contributed by atoms with van der Waals surface area (Å²) in [7, 11) is 0. The van der Waals surface area contributed by atoms with Crippen molar-refractivity contribution >= 4 is 11.8 Å². The average molecular weight is 336 g/mol. The number of rotatable bonds is 5. The maximum absolute atomic E-state index is 12.3. The third kappa shape index (κ3) is 4.69. The Bertz CT molecular complexity index is 729. The monoisotopic (exact) mass is 336 g/mol. The molecule has 4 heteroatoms. The summed E-state index contributed by atoms with van der Waals surface area (Å²) in [5.41, 5.74) is 3.91. The van der Waals surface area contributed by atoms with Crippen molar-refractivity contribution in [2.24, 2.45) is 0 Å². The minimum Gasteiger partial charge on any atom is -0.352 e. The zero-order valence-corrected chi connectivity index (χ0v) is 14.6. The molecular formula is C21H24N2O2. The normalized spacial score (nSPS) is 13.7. The van der Waals surface area contributed by atoms with Gasteiger partial charge in [-0.05, 0) is 43.0 Å². The van der Waals surface area contributed by atoms with E-state index in [0.29, 0.717) is 13.0 Å². The molecular weight excluding hydrogens is 312 g/mol. The van der Waals surface area contributed by atoms with Gasteiger partial charge in [0.1, 0.15) is 0 Å². The first-order valence-corrected chi connectivity index (χ1v) is 8.82. The van der Waals surface area contributed by atoms with Crippen LogP contribution < -0.4 is 5.32 Å². The molecule has 2 aromatic carbocycles. The Labute approximate surface area is 148 Å². The van der Waals surface area contributed by atoms with Crippen molar-refractivity contribution in [1.82, 2.24) is 10.2 Å². The Morgan fingerprint density at radius 1 is 0.920 bits per heavy atom. The van der Waals surface area contributed by atoms with Gasteiger partial charge in [0, 0.05) is 25.2 Å². The molecule has 1 aliphatic rings. The summed E-state index contributed by atoms with van der Waals surface area (Å²) in [6.07, 6.45) is 2.57. The molecule has 130 valence electrons. The van der Waals surface area contributed by atoms with Gasteiger partial charge in [0.25, 0.3) is 5.91 Å². The van der Waals surface area contributed by atoms with Crippen LogP contribution in [0.5, 0.6) is 0 Å².